The van der Waals surface area contributed by atoms with E-state index in [1.807, 2.05) is 30.3 Å². The van der Waals surface area contributed by atoms with E-state index in [2.05, 4.69) is 10.1 Å². The van der Waals surface area contributed by atoms with Gasteiger partial charge in [-0.1, -0.05) is 42.5 Å². The molecule has 2 aromatic carbocycles. The molecule has 2 aromatic rings. The zero-order valence-corrected chi connectivity index (χ0v) is 18.4. The van der Waals surface area contributed by atoms with E-state index in [9.17, 15) is 37.0 Å². The summed E-state index contributed by atoms with van der Waals surface area (Å²) in [4.78, 5) is 12.6. The van der Waals surface area contributed by atoms with E-state index in [1.165, 1.54) is 6.08 Å². The van der Waals surface area contributed by atoms with Gasteiger partial charge in [0.05, 0.1) is 6.10 Å². The molecule has 190 valence electrons. The molecule has 0 radical (unpaired) electrons. The van der Waals surface area contributed by atoms with Gasteiger partial charge < -0.3 is 25.0 Å². The zero-order valence-electron chi connectivity index (χ0n) is 18.4. The van der Waals surface area contributed by atoms with Crippen molar-refractivity contribution in [2.75, 3.05) is 6.54 Å². The van der Waals surface area contributed by atoms with Crippen molar-refractivity contribution >= 4 is 5.91 Å². The normalized spacial score (nSPS) is 22.1. The number of hydrogen-bond acceptors (Lipinski definition) is 5. The number of aliphatic hydroxyl groups excluding tert-OH is 1. The van der Waals surface area contributed by atoms with Gasteiger partial charge >= 0.3 is 6.48 Å². The Balaban J connectivity index is 1.58. The Hall–Kier alpha value is -3.02. The van der Waals surface area contributed by atoms with Gasteiger partial charge in [-0.05, 0) is 37.7 Å². The van der Waals surface area contributed by atoms with E-state index in [1.54, 1.807) is 6.08 Å². The molecule has 1 aliphatic carbocycles. The summed E-state index contributed by atoms with van der Waals surface area (Å²) < 4.78 is 76.8. The van der Waals surface area contributed by atoms with Crippen LogP contribution in [-0.4, -0.2) is 40.8 Å². The first-order valence-electron chi connectivity index (χ1n) is 10.9. The van der Waals surface area contributed by atoms with Crippen LogP contribution in [0, 0.1) is 29.1 Å². The van der Waals surface area contributed by atoms with Gasteiger partial charge in [0.15, 0.2) is 0 Å². The first-order valence-corrected chi connectivity index (χ1v) is 10.9. The van der Waals surface area contributed by atoms with Crippen LogP contribution in [0.5, 0.6) is 5.75 Å². The van der Waals surface area contributed by atoms with Crippen LogP contribution in [0.1, 0.15) is 31.2 Å². The lowest BCUT2D eigenvalue weighted by molar-refractivity contribution is -0.235. The molecule has 1 unspecified atom stereocenters. The number of carbonyl (C=O) groups excluding carboxylic acids is 1. The predicted octanol–water partition coefficient (Wildman–Crippen LogP) is 3.64. The Morgan fingerprint density at radius 2 is 1.66 bits per heavy atom. The number of hydrogen-bond donors (Lipinski definition) is 3. The molecular formula is C24H24F5NO5. The van der Waals surface area contributed by atoms with Crippen LogP contribution in [0.4, 0.5) is 22.0 Å². The van der Waals surface area contributed by atoms with E-state index in [4.69, 9.17) is 4.74 Å². The Morgan fingerprint density at radius 1 is 1.03 bits per heavy atom. The smallest absolute Gasteiger partial charge is 0.314 e. The van der Waals surface area contributed by atoms with E-state index in [0.29, 0.717) is 13.0 Å². The highest BCUT2D eigenvalue weighted by Gasteiger charge is 2.36. The van der Waals surface area contributed by atoms with E-state index >= 15 is 0 Å². The molecule has 0 fully saturated rings. The molecule has 0 aromatic heterocycles. The van der Waals surface area contributed by atoms with E-state index in [-0.39, 0.29) is 25.7 Å². The molecule has 1 aliphatic rings. The quantitative estimate of drug-likeness (QED) is 0.169. The van der Waals surface area contributed by atoms with Crippen molar-refractivity contribution in [3.8, 4) is 5.75 Å². The Morgan fingerprint density at radius 3 is 2.31 bits per heavy atom. The summed E-state index contributed by atoms with van der Waals surface area (Å²) >= 11 is 0. The number of nitrogens with one attached hydrogen (secondary N) is 1. The van der Waals surface area contributed by atoms with Gasteiger partial charge in [-0.2, -0.15) is 8.78 Å². The number of carbonyl (C=O) groups is 1. The summed E-state index contributed by atoms with van der Waals surface area (Å²) in [6.45, 7) is -2.10. The lowest BCUT2D eigenvalue weighted by atomic mass is 9.87. The van der Waals surface area contributed by atoms with Crippen molar-refractivity contribution in [2.45, 2.75) is 50.3 Å². The Bertz CT molecular complexity index is 1040. The molecule has 0 aliphatic heterocycles. The number of aliphatic hydroxyl groups is 2. The number of benzene rings is 2. The van der Waals surface area contributed by atoms with E-state index in [0.717, 1.165) is 5.56 Å². The summed E-state index contributed by atoms with van der Waals surface area (Å²) in [6, 6.07) is 9.43. The first kappa shape index (κ1) is 26.6. The lowest BCUT2D eigenvalue weighted by Gasteiger charge is -2.30. The average molecular weight is 501 g/mol. The fourth-order valence-electron chi connectivity index (χ4n) is 3.61. The standard InChI is InChI=1S/C24H24F5NO5/c25-16-17(26)19(28)21(20(29)18(16)27)35-23(32)34-15-8-4-5-11-24(33,12-9-15)22(31)30-13-10-14-6-2-1-3-7-14/h1-4,6-8,15,23,32-33H,5,9-13H2,(H,30,31)/b8-4+/t15-,23?,24-/m1/s1. The molecule has 6 nitrogen and oxygen atoms in total. The molecule has 0 saturated carbocycles. The minimum atomic E-state index is -2.40. The molecule has 3 atom stereocenters. The SMILES string of the molecule is O=C(NCCc1ccccc1)[C@@]1(O)CC/C=C/[C@@H](OC(O)Oc2c(F)c(F)c(F)c(F)c2F)CC1. The van der Waals surface area contributed by atoms with Crippen LogP contribution in [0.15, 0.2) is 42.5 Å². The van der Waals surface area contributed by atoms with Gasteiger partial charge in [-0.15, -0.1) is 0 Å². The summed E-state index contributed by atoms with van der Waals surface area (Å²) in [5.74, 6) is -13.6. The first-order chi connectivity index (χ1) is 16.6. The van der Waals surface area contributed by atoms with Crippen LogP contribution in [0.2, 0.25) is 0 Å². The maximum atomic E-state index is 13.8. The third-order valence-electron chi connectivity index (χ3n) is 5.56. The second-order valence-corrected chi connectivity index (χ2v) is 8.03. The van der Waals surface area contributed by atoms with Crippen molar-refractivity contribution in [3.63, 3.8) is 0 Å². The van der Waals surface area contributed by atoms with Crippen molar-refractivity contribution in [1.82, 2.24) is 5.32 Å². The second-order valence-electron chi connectivity index (χ2n) is 8.03. The molecule has 3 N–H and O–H groups in total. The third-order valence-corrected chi connectivity index (χ3v) is 5.56. The third kappa shape index (κ3) is 6.56. The highest BCUT2D eigenvalue weighted by Crippen LogP contribution is 2.30. The number of halogens is 5. The molecular weight excluding hydrogens is 477 g/mol. The van der Waals surface area contributed by atoms with Gasteiger partial charge in [0.1, 0.15) is 5.60 Å². The van der Waals surface area contributed by atoms with Gasteiger partial charge in [-0.25, -0.2) is 13.2 Å². The summed E-state index contributed by atoms with van der Waals surface area (Å²) in [5, 5.41) is 23.5. The number of rotatable bonds is 8. The molecule has 11 heteroatoms. The molecule has 0 bridgehead atoms. The maximum Gasteiger partial charge on any atom is 0.314 e. The monoisotopic (exact) mass is 501 g/mol. The van der Waals surface area contributed by atoms with Gasteiger partial charge in [0, 0.05) is 6.54 Å². The molecule has 0 spiro atoms. The minimum Gasteiger partial charge on any atom is -0.435 e. The minimum absolute atomic E-state index is 0.0172. The van der Waals surface area contributed by atoms with E-state index < -0.39 is 58.9 Å². The molecule has 1 amide bonds. The summed E-state index contributed by atoms with van der Waals surface area (Å²) in [5.41, 5.74) is -0.729. The highest BCUT2D eigenvalue weighted by atomic mass is 19.2. The summed E-state index contributed by atoms with van der Waals surface area (Å²) in [6.07, 6.45) is 2.90. The van der Waals surface area contributed by atoms with Crippen molar-refractivity contribution in [2.24, 2.45) is 0 Å². The highest BCUT2D eigenvalue weighted by molar-refractivity contribution is 5.84. The van der Waals surface area contributed by atoms with Gasteiger partial charge in [0.2, 0.25) is 34.8 Å². The van der Waals surface area contributed by atoms with Crippen molar-refractivity contribution in [1.29, 1.82) is 0 Å². The number of ether oxygens (including phenoxy) is 2. The predicted molar refractivity (Wildman–Crippen MR) is 113 cm³/mol. The summed E-state index contributed by atoms with van der Waals surface area (Å²) in [7, 11) is 0. The topological polar surface area (TPSA) is 88.0 Å². The number of allylic oxidation sites excluding steroid dienone is 1. The largest absolute Gasteiger partial charge is 0.435 e. The zero-order chi connectivity index (χ0) is 25.6. The van der Waals surface area contributed by atoms with Crippen LogP contribution < -0.4 is 10.1 Å². The van der Waals surface area contributed by atoms with Crippen LogP contribution in [0.3, 0.4) is 0 Å². The molecule has 0 heterocycles. The average Bonchev–Trinajstić information content (AvgIpc) is 2.84. The molecule has 0 saturated heterocycles. The van der Waals surface area contributed by atoms with Crippen LogP contribution >= 0.6 is 0 Å². The van der Waals surface area contributed by atoms with Crippen LogP contribution in [0.25, 0.3) is 0 Å². The second kappa shape index (κ2) is 11.6. The maximum absolute atomic E-state index is 13.8. The Kier molecular flexibility index (Phi) is 8.82. The van der Waals surface area contributed by atoms with Crippen LogP contribution in [-0.2, 0) is 16.0 Å². The van der Waals surface area contributed by atoms with Crippen molar-refractivity contribution < 1.29 is 46.4 Å². The molecule has 3 rings (SSSR count). The van der Waals surface area contributed by atoms with Gasteiger partial charge in [0.25, 0.3) is 5.91 Å². The fraction of sp³-hybridized carbons (Fsp3) is 0.375. The lowest BCUT2D eigenvalue weighted by Crippen LogP contribution is -2.48. The Labute approximate surface area is 198 Å². The fourth-order valence-corrected chi connectivity index (χ4v) is 3.61. The van der Waals surface area contributed by atoms with Gasteiger partial charge in [-0.3, -0.25) is 4.79 Å². The number of amides is 1. The van der Waals surface area contributed by atoms with Crippen molar-refractivity contribution in [3.05, 3.63) is 77.1 Å². The molecule has 35 heavy (non-hydrogen) atoms.